The molecule has 0 aliphatic carbocycles. The quantitative estimate of drug-likeness (QED) is 0.313. The van der Waals surface area contributed by atoms with E-state index in [1.165, 1.54) is 6.92 Å². The van der Waals surface area contributed by atoms with Crippen molar-refractivity contribution in [2.45, 2.75) is 45.4 Å². The number of rotatable bonds is 6. The van der Waals surface area contributed by atoms with Gasteiger partial charge in [-0.25, -0.2) is 4.79 Å². The third kappa shape index (κ3) is 4.79. The summed E-state index contributed by atoms with van der Waals surface area (Å²) in [6, 6.07) is 0. The zero-order valence-corrected chi connectivity index (χ0v) is 11.1. The number of carbonyl (C=O) groups is 2. The average molecular weight is 247 g/mol. The molecule has 16 heavy (non-hydrogen) atoms. The predicted molar refractivity (Wildman–Crippen MR) is 64.6 cm³/mol. The van der Waals surface area contributed by atoms with E-state index >= 15 is 0 Å². The molecular weight excluding hydrogens is 228 g/mol. The number of Topliss-reactive ketones (excluding diaryl/α,β-unsaturated/α-hetero) is 1. The highest BCUT2D eigenvalue weighted by molar-refractivity contribution is 6.45. The van der Waals surface area contributed by atoms with Crippen molar-refractivity contribution < 1.29 is 14.3 Å². The van der Waals surface area contributed by atoms with Crippen LogP contribution in [0.3, 0.4) is 0 Å². The van der Waals surface area contributed by atoms with Gasteiger partial charge in [0.2, 0.25) is 0 Å². The summed E-state index contributed by atoms with van der Waals surface area (Å²) in [6.07, 6.45) is 2.79. The molecule has 1 atom stereocenters. The number of halogens is 1. The highest BCUT2D eigenvalue weighted by Crippen LogP contribution is 2.20. The summed E-state index contributed by atoms with van der Waals surface area (Å²) in [6.45, 7) is 7.20. The smallest absolute Gasteiger partial charge is 0.334 e. The highest BCUT2D eigenvalue weighted by atomic mass is 35.5. The number of alkyl halides is 1. The SMILES string of the molecule is CCOC(=O)C(C)(Cl)C(=O)CCC=C(C)C. The lowest BCUT2D eigenvalue weighted by Crippen LogP contribution is -2.39. The molecule has 0 heterocycles. The molecule has 0 bridgehead atoms. The minimum atomic E-state index is -1.55. The van der Waals surface area contributed by atoms with Crippen LogP contribution in [-0.2, 0) is 14.3 Å². The molecule has 0 aromatic carbocycles. The van der Waals surface area contributed by atoms with Crippen molar-refractivity contribution in [2.24, 2.45) is 0 Å². The lowest BCUT2D eigenvalue weighted by atomic mass is 10.0. The summed E-state index contributed by atoms with van der Waals surface area (Å²) in [5.74, 6) is -0.969. The van der Waals surface area contributed by atoms with Gasteiger partial charge in [0.15, 0.2) is 10.7 Å². The zero-order chi connectivity index (χ0) is 12.8. The van der Waals surface area contributed by atoms with Crippen LogP contribution in [0, 0.1) is 0 Å². The maximum absolute atomic E-state index is 11.7. The molecule has 0 aliphatic heterocycles. The number of ether oxygens (including phenoxy) is 1. The van der Waals surface area contributed by atoms with Crippen molar-refractivity contribution in [3.05, 3.63) is 11.6 Å². The number of allylic oxidation sites excluding steroid dienone is 2. The minimum absolute atomic E-state index is 0.225. The monoisotopic (exact) mass is 246 g/mol. The molecule has 0 N–H and O–H groups in total. The fourth-order valence-electron chi connectivity index (χ4n) is 1.11. The van der Waals surface area contributed by atoms with Crippen molar-refractivity contribution in [3.63, 3.8) is 0 Å². The molecule has 4 heteroatoms. The Morgan fingerprint density at radius 1 is 1.38 bits per heavy atom. The van der Waals surface area contributed by atoms with Crippen molar-refractivity contribution in [1.29, 1.82) is 0 Å². The molecule has 0 aromatic heterocycles. The van der Waals surface area contributed by atoms with Crippen LogP contribution < -0.4 is 0 Å². The Bertz CT molecular complexity index is 289. The molecule has 0 saturated heterocycles. The van der Waals surface area contributed by atoms with Gasteiger partial charge in [0.05, 0.1) is 6.61 Å². The van der Waals surface area contributed by atoms with Crippen LogP contribution in [0.15, 0.2) is 11.6 Å². The van der Waals surface area contributed by atoms with Crippen LogP contribution in [0.2, 0.25) is 0 Å². The topological polar surface area (TPSA) is 43.4 Å². The lowest BCUT2D eigenvalue weighted by molar-refractivity contribution is -0.149. The van der Waals surface area contributed by atoms with Crippen LogP contribution in [0.25, 0.3) is 0 Å². The van der Waals surface area contributed by atoms with Crippen molar-refractivity contribution in [3.8, 4) is 0 Å². The maximum atomic E-state index is 11.7. The molecule has 0 spiro atoms. The highest BCUT2D eigenvalue weighted by Gasteiger charge is 2.39. The first kappa shape index (κ1) is 15.2. The fourth-order valence-corrected chi connectivity index (χ4v) is 1.26. The summed E-state index contributed by atoms with van der Waals surface area (Å²) < 4.78 is 4.75. The largest absolute Gasteiger partial charge is 0.464 e. The van der Waals surface area contributed by atoms with Crippen molar-refractivity contribution >= 4 is 23.4 Å². The van der Waals surface area contributed by atoms with Crippen LogP contribution >= 0.6 is 11.6 Å². The third-order valence-corrected chi connectivity index (χ3v) is 2.47. The van der Waals surface area contributed by atoms with Crippen LogP contribution in [0.5, 0.6) is 0 Å². The summed E-state index contributed by atoms with van der Waals surface area (Å²) >= 11 is 5.89. The normalized spacial score (nSPS) is 13.8. The van der Waals surface area contributed by atoms with E-state index in [1.807, 2.05) is 19.9 Å². The summed E-state index contributed by atoms with van der Waals surface area (Å²) in [5.41, 5.74) is 1.14. The third-order valence-electron chi connectivity index (χ3n) is 2.11. The number of carbonyl (C=O) groups excluding carboxylic acids is 2. The van der Waals surface area contributed by atoms with Gasteiger partial charge < -0.3 is 4.74 Å². The van der Waals surface area contributed by atoms with E-state index in [2.05, 4.69) is 0 Å². The molecule has 92 valence electrons. The van der Waals surface area contributed by atoms with Gasteiger partial charge in [0.25, 0.3) is 0 Å². The second kappa shape index (κ2) is 6.69. The minimum Gasteiger partial charge on any atom is -0.464 e. The number of hydrogen-bond donors (Lipinski definition) is 0. The first-order valence-corrected chi connectivity index (χ1v) is 5.73. The van der Waals surface area contributed by atoms with Crippen molar-refractivity contribution in [2.75, 3.05) is 6.61 Å². The first-order chi connectivity index (χ1) is 7.32. The molecule has 0 rings (SSSR count). The van der Waals surface area contributed by atoms with Gasteiger partial charge in [-0.2, -0.15) is 0 Å². The summed E-state index contributed by atoms with van der Waals surface area (Å²) in [4.78, 5) is 21.6. The Labute approximate surface area is 102 Å². The second-order valence-corrected chi connectivity index (χ2v) is 4.72. The van der Waals surface area contributed by atoms with Crippen LogP contribution in [0.4, 0.5) is 0 Å². The molecule has 3 nitrogen and oxygen atoms in total. The van der Waals surface area contributed by atoms with Gasteiger partial charge in [0, 0.05) is 6.42 Å². The first-order valence-electron chi connectivity index (χ1n) is 5.35. The number of esters is 1. The Morgan fingerprint density at radius 3 is 2.38 bits per heavy atom. The van der Waals surface area contributed by atoms with Crippen LogP contribution in [0.1, 0.15) is 40.5 Å². The number of hydrogen-bond acceptors (Lipinski definition) is 3. The van der Waals surface area contributed by atoms with E-state index < -0.39 is 10.8 Å². The molecule has 0 fully saturated rings. The van der Waals surface area contributed by atoms with E-state index in [-0.39, 0.29) is 18.8 Å². The van der Waals surface area contributed by atoms with E-state index in [0.717, 1.165) is 5.57 Å². The Morgan fingerprint density at radius 2 is 1.94 bits per heavy atom. The molecule has 0 aliphatic rings. The molecule has 1 unspecified atom stereocenters. The molecule has 0 amide bonds. The summed E-state index contributed by atoms with van der Waals surface area (Å²) in [5, 5.41) is 0. The van der Waals surface area contributed by atoms with E-state index in [4.69, 9.17) is 16.3 Å². The van der Waals surface area contributed by atoms with Gasteiger partial charge >= 0.3 is 5.97 Å². The number of ketones is 1. The van der Waals surface area contributed by atoms with Gasteiger partial charge in [-0.1, -0.05) is 23.3 Å². The lowest BCUT2D eigenvalue weighted by Gasteiger charge is -2.17. The van der Waals surface area contributed by atoms with E-state index in [1.54, 1.807) is 6.92 Å². The zero-order valence-electron chi connectivity index (χ0n) is 10.3. The average Bonchev–Trinajstić information content (AvgIpc) is 2.17. The maximum Gasteiger partial charge on any atom is 0.334 e. The standard InChI is InChI=1S/C12H19ClO3/c1-5-16-11(15)12(4,13)10(14)8-6-7-9(2)3/h7H,5-6,8H2,1-4H3. The van der Waals surface area contributed by atoms with Crippen molar-refractivity contribution in [1.82, 2.24) is 0 Å². The molecular formula is C12H19ClO3. The van der Waals surface area contributed by atoms with Crippen LogP contribution in [-0.4, -0.2) is 23.2 Å². The fraction of sp³-hybridized carbons (Fsp3) is 0.667. The molecule has 0 aromatic rings. The predicted octanol–water partition coefficient (Wildman–Crippen LogP) is 2.86. The molecule has 0 saturated carbocycles. The van der Waals surface area contributed by atoms with Gasteiger partial charge in [-0.15, -0.1) is 0 Å². The Balaban J connectivity index is 4.35. The van der Waals surface area contributed by atoms with Gasteiger partial charge in [-0.3, -0.25) is 4.79 Å². The second-order valence-electron chi connectivity index (χ2n) is 3.97. The van der Waals surface area contributed by atoms with Gasteiger partial charge in [-0.05, 0) is 34.1 Å². The van der Waals surface area contributed by atoms with E-state index in [9.17, 15) is 9.59 Å². The Kier molecular flexibility index (Phi) is 6.34. The molecule has 0 radical (unpaired) electrons. The summed E-state index contributed by atoms with van der Waals surface area (Å²) in [7, 11) is 0. The van der Waals surface area contributed by atoms with E-state index in [0.29, 0.717) is 6.42 Å². The van der Waals surface area contributed by atoms with Gasteiger partial charge in [0.1, 0.15) is 0 Å². The Hall–Kier alpha value is -0.830.